The van der Waals surface area contributed by atoms with Crippen LogP contribution < -0.4 is 5.32 Å². The standard InChI is InChI=1S/C22H19N3OS/c1-15-25-20(14-27-15)17-9-7-16(8-10-17)11-13-24-22(26)19-6-2-4-18-5-3-12-23-21(18)19/h2-10,12,14H,11,13H2,1H3,(H,24,26). The summed E-state index contributed by atoms with van der Waals surface area (Å²) in [6, 6.07) is 17.9. The normalized spacial score (nSPS) is 10.9. The highest BCUT2D eigenvalue weighted by atomic mass is 32.1. The largest absolute Gasteiger partial charge is 0.352 e. The van der Waals surface area contributed by atoms with Gasteiger partial charge in [-0.05, 0) is 31.0 Å². The number of nitrogens with zero attached hydrogens (tertiary/aromatic N) is 2. The number of hydrogen-bond acceptors (Lipinski definition) is 4. The maximum atomic E-state index is 12.5. The summed E-state index contributed by atoms with van der Waals surface area (Å²) in [6.45, 7) is 2.59. The molecule has 0 saturated heterocycles. The molecule has 5 heteroatoms. The fraction of sp³-hybridized carbons (Fsp3) is 0.136. The molecule has 0 saturated carbocycles. The van der Waals surface area contributed by atoms with Gasteiger partial charge in [0.2, 0.25) is 0 Å². The second-order valence-electron chi connectivity index (χ2n) is 6.34. The summed E-state index contributed by atoms with van der Waals surface area (Å²) in [5, 5.41) is 7.11. The highest BCUT2D eigenvalue weighted by Gasteiger charge is 2.10. The molecule has 2 aromatic carbocycles. The van der Waals surface area contributed by atoms with Crippen LogP contribution in [-0.2, 0) is 6.42 Å². The van der Waals surface area contributed by atoms with Crippen molar-refractivity contribution in [1.82, 2.24) is 15.3 Å². The molecular formula is C22H19N3OS. The van der Waals surface area contributed by atoms with Gasteiger partial charge in [0.25, 0.3) is 5.91 Å². The van der Waals surface area contributed by atoms with E-state index in [4.69, 9.17) is 0 Å². The molecule has 1 N–H and O–H groups in total. The molecule has 0 spiro atoms. The molecule has 2 heterocycles. The molecule has 27 heavy (non-hydrogen) atoms. The molecule has 4 nitrogen and oxygen atoms in total. The Labute approximate surface area is 161 Å². The number of pyridine rings is 1. The molecule has 0 atom stereocenters. The number of aryl methyl sites for hydroxylation is 1. The number of hydrogen-bond donors (Lipinski definition) is 1. The zero-order valence-corrected chi connectivity index (χ0v) is 15.8. The average molecular weight is 373 g/mol. The molecule has 0 fully saturated rings. The fourth-order valence-corrected chi connectivity index (χ4v) is 3.66. The topological polar surface area (TPSA) is 54.9 Å². The molecule has 0 aliphatic carbocycles. The van der Waals surface area contributed by atoms with Crippen molar-refractivity contribution in [2.24, 2.45) is 0 Å². The Bertz CT molecular complexity index is 1080. The Morgan fingerprint density at radius 1 is 1.07 bits per heavy atom. The molecule has 4 aromatic rings. The SMILES string of the molecule is Cc1nc(-c2ccc(CCNC(=O)c3cccc4cccnc34)cc2)cs1. The fourth-order valence-electron chi connectivity index (χ4n) is 3.04. The van der Waals surface area contributed by atoms with Gasteiger partial charge in [-0.25, -0.2) is 4.98 Å². The van der Waals surface area contributed by atoms with Crippen LogP contribution in [0.1, 0.15) is 20.9 Å². The van der Waals surface area contributed by atoms with Crippen molar-refractivity contribution in [3.63, 3.8) is 0 Å². The van der Waals surface area contributed by atoms with E-state index in [1.807, 2.05) is 37.3 Å². The van der Waals surface area contributed by atoms with E-state index in [1.54, 1.807) is 17.5 Å². The second kappa shape index (κ2) is 7.68. The van der Waals surface area contributed by atoms with Gasteiger partial charge < -0.3 is 5.32 Å². The number of carbonyl (C=O) groups excluding carboxylic acids is 1. The number of rotatable bonds is 5. The van der Waals surface area contributed by atoms with Crippen LogP contribution in [0, 0.1) is 6.92 Å². The molecular weight excluding hydrogens is 354 g/mol. The Hall–Kier alpha value is -3.05. The molecule has 0 radical (unpaired) electrons. The van der Waals surface area contributed by atoms with Gasteiger partial charge >= 0.3 is 0 Å². The van der Waals surface area contributed by atoms with E-state index in [1.165, 1.54) is 5.56 Å². The van der Waals surface area contributed by atoms with Crippen LogP contribution in [-0.4, -0.2) is 22.4 Å². The third-order valence-electron chi connectivity index (χ3n) is 4.45. The monoisotopic (exact) mass is 373 g/mol. The molecule has 0 aliphatic rings. The van der Waals surface area contributed by atoms with Crippen molar-refractivity contribution in [2.75, 3.05) is 6.54 Å². The first-order valence-corrected chi connectivity index (χ1v) is 9.72. The summed E-state index contributed by atoms with van der Waals surface area (Å²) in [5.41, 5.74) is 4.67. The molecule has 0 unspecified atom stereocenters. The molecule has 0 aliphatic heterocycles. The van der Waals surface area contributed by atoms with E-state index in [9.17, 15) is 4.79 Å². The summed E-state index contributed by atoms with van der Waals surface area (Å²) in [5.74, 6) is -0.0890. The van der Waals surface area contributed by atoms with E-state index in [0.717, 1.165) is 33.6 Å². The van der Waals surface area contributed by atoms with Gasteiger partial charge in [-0.1, -0.05) is 42.5 Å². The number of carbonyl (C=O) groups is 1. The van der Waals surface area contributed by atoms with Gasteiger partial charge in [0.05, 0.1) is 21.8 Å². The number of nitrogens with one attached hydrogen (secondary N) is 1. The quantitative estimate of drug-likeness (QED) is 0.554. The van der Waals surface area contributed by atoms with Crippen molar-refractivity contribution < 1.29 is 4.79 Å². The zero-order chi connectivity index (χ0) is 18.6. The number of amides is 1. The third-order valence-corrected chi connectivity index (χ3v) is 5.22. The van der Waals surface area contributed by atoms with Crippen LogP contribution in [0.25, 0.3) is 22.2 Å². The third kappa shape index (κ3) is 3.88. The second-order valence-corrected chi connectivity index (χ2v) is 7.40. The minimum absolute atomic E-state index is 0.0890. The van der Waals surface area contributed by atoms with Gasteiger partial charge in [-0.15, -0.1) is 11.3 Å². The maximum absolute atomic E-state index is 12.5. The van der Waals surface area contributed by atoms with Gasteiger partial charge in [-0.3, -0.25) is 9.78 Å². The van der Waals surface area contributed by atoms with Gasteiger partial charge in [-0.2, -0.15) is 0 Å². The van der Waals surface area contributed by atoms with Crippen molar-refractivity contribution in [3.05, 3.63) is 82.3 Å². The highest BCUT2D eigenvalue weighted by Crippen LogP contribution is 2.22. The number of fused-ring (bicyclic) bond motifs is 1. The number of para-hydroxylation sites is 1. The summed E-state index contributed by atoms with van der Waals surface area (Å²) in [7, 11) is 0. The summed E-state index contributed by atoms with van der Waals surface area (Å²) < 4.78 is 0. The van der Waals surface area contributed by atoms with Crippen LogP contribution in [0.2, 0.25) is 0 Å². The van der Waals surface area contributed by atoms with E-state index < -0.39 is 0 Å². The molecule has 1 amide bonds. The Morgan fingerprint density at radius 3 is 2.67 bits per heavy atom. The molecule has 134 valence electrons. The van der Waals surface area contributed by atoms with Crippen LogP contribution in [0.3, 0.4) is 0 Å². The predicted octanol–water partition coefficient (Wildman–Crippen LogP) is 4.64. The first kappa shape index (κ1) is 17.4. The lowest BCUT2D eigenvalue weighted by atomic mass is 10.1. The van der Waals surface area contributed by atoms with Crippen molar-refractivity contribution in [3.8, 4) is 11.3 Å². The lowest BCUT2D eigenvalue weighted by Crippen LogP contribution is -2.26. The predicted molar refractivity (Wildman–Crippen MR) is 110 cm³/mol. The number of benzene rings is 2. The lowest BCUT2D eigenvalue weighted by Gasteiger charge is -2.08. The molecule has 0 bridgehead atoms. The Morgan fingerprint density at radius 2 is 1.89 bits per heavy atom. The van der Waals surface area contributed by atoms with Crippen molar-refractivity contribution in [1.29, 1.82) is 0 Å². The minimum atomic E-state index is -0.0890. The Balaban J connectivity index is 1.38. The summed E-state index contributed by atoms with van der Waals surface area (Å²) >= 11 is 1.66. The van der Waals surface area contributed by atoms with Gasteiger partial charge in [0.1, 0.15) is 0 Å². The minimum Gasteiger partial charge on any atom is -0.352 e. The highest BCUT2D eigenvalue weighted by molar-refractivity contribution is 7.09. The molecule has 4 rings (SSSR count). The first-order chi connectivity index (χ1) is 13.2. The molecule has 2 aromatic heterocycles. The summed E-state index contributed by atoms with van der Waals surface area (Å²) in [6.07, 6.45) is 2.49. The zero-order valence-electron chi connectivity index (χ0n) is 15.0. The lowest BCUT2D eigenvalue weighted by molar-refractivity contribution is 0.0955. The maximum Gasteiger partial charge on any atom is 0.253 e. The van der Waals surface area contributed by atoms with E-state index >= 15 is 0 Å². The van der Waals surface area contributed by atoms with E-state index in [0.29, 0.717) is 12.1 Å². The van der Waals surface area contributed by atoms with Gasteiger partial charge in [0.15, 0.2) is 0 Å². The number of thiazole rings is 1. The van der Waals surface area contributed by atoms with Crippen molar-refractivity contribution in [2.45, 2.75) is 13.3 Å². The number of aromatic nitrogens is 2. The summed E-state index contributed by atoms with van der Waals surface area (Å²) in [4.78, 5) is 21.4. The van der Waals surface area contributed by atoms with Crippen LogP contribution in [0.15, 0.2) is 66.2 Å². The average Bonchev–Trinajstić information content (AvgIpc) is 3.14. The van der Waals surface area contributed by atoms with Crippen LogP contribution in [0.4, 0.5) is 0 Å². The van der Waals surface area contributed by atoms with Crippen LogP contribution >= 0.6 is 11.3 Å². The smallest absolute Gasteiger partial charge is 0.253 e. The van der Waals surface area contributed by atoms with Crippen LogP contribution in [0.5, 0.6) is 0 Å². The van der Waals surface area contributed by atoms with Gasteiger partial charge in [0, 0.05) is 29.1 Å². The Kier molecular flexibility index (Phi) is 4.94. The van der Waals surface area contributed by atoms with Crippen molar-refractivity contribution >= 4 is 28.1 Å². The van der Waals surface area contributed by atoms with E-state index in [-0.39, 0.29) is 5.91 Å². The first-order valence-electron chi connectivity index (χ1n) is 8.84. The van der Waals surface area contributed by atoms with E-state index in [2.05, 4.69) is 44.9 Å².